The number of carbonyl (C=O) groups is 1. The second-order valence-corrected chi connectivity index (χ2v) is 6.39. The summed E-state index contributed by atoms with van der Waals surface area (Å²) in [5, 5.41) is 24.5. The number of hydrogen-bond donors (Lipinski definition) is 2. The number of nitrogens with zero attached hydrogens (tertiary/aromatic N) is 1. The lowest BCUT2D eigenvalue weighted by atomic mass is 9.79. The quantitative estimate of drug-likeness (QED) is 0.633. The maximum atomic E-state index is 12.3. The van der Waals surface area contributed by atoms with Gasteiger partial charge in [0.1, 0.15) is 11.4 Å². The predicted molar refractivity (Wildman–Crippen MR) is 95.3 cm³/mol. The van der Waals surface area contributed by atoms with Gasteiger partial charge in [-0.3, -0.25) is 14.9 Å². The molecule has 136 valence electrons. The zero-order valence-electron chi connectivity index (χ0n) is 14.4. The molecule has 1 amide bonds. The van der Waals surface area contributed by atoms with Crippen LogP contribution in [0.5, 0.6) is 5.75 Å². The summed E-state index contributed by atoms with van der Waals surface area (Å²) in [7, 11) is 1.60. The van der Waals surface area contributed by atoms with Gasteiger partial charge >= 0.3 is 0 Å². The Kier molecular flexibility index (Phi) is 4.90. The number of aliphatic hydroxyl groups is 1. The van der Waals surface area contributed by atoms with E-state index in [4.69, 9.17) is 4.74 Å². The standard InChI is InChI=1S/C19H20N2O5/c1-26-16-8-9-17-14(11-16)3-2-10-19(17,23)12-20-18(22)13-4-6-15(7-5-13)21(24)25/h4-9,11,23H,2-3,10,12H2,1H3,(H,20,22). The van der Waals surface area contributed by atoms with Gasteiger partial charge in [0, 0.05) is 17.7 Å². The number of carbonyl (C=O) groups excluding carboxylic acids is 1. The van der Waals surface area contributed by atoms with Crippen LogP contribution in [0.1, 0.15) is 34.3 Å². The van der Waals surface area contributed by atoms with Gasteiger partial charge in [-0.15, -0.1) is 0 Å². The Balaban J connectivity index is 1.73. The van der Waals surface area contributed by atoms with E-state index in [1.54, 1.807) is 13.2 Å². The highest BCUT2D eigenvalue weighted by Crippen LogP contribution is 2.36. The van der Waals surface area contributed by atoms with Gasteiger partial charge in [-0.05, 0) is 54.7 Å². The number of benzene rings is 2. The van der Waals surface area contributed by atoms with Gasteiger partial charge in [0.05, 0.1) is 18.6 Å². The number of nitrogens with one attached hydrogen (secondary N) is 1. The first-order chi connectivity index (χ1) is 12.4. The van der Waals surface area contributed by atoms with Crippen molar-refractivity contribution in [3.8, 4) is 5.75 Å². The van der Waals surface area contributed by atoms with Gasteiger partial charge in [0.2, 0.25) is 0 Å². The number of fused-ring (bicyclic) bond motifs is 1. The highest BCUT2D eigenvalue weighted by atomic mass is 16.6. The van der Waals surface area contributed by atoms with Crippen molar-refractivity contribution in [2.75, 3.05) is 13.7 Å². The molecule has 0 saturated carbocycles. The van der Waals surface area contributed by atoms with Gasteiger partial charge in [0.15, 0.2) is 0 Å². The van der Waals surface area contributed by atoms with Crippen molar-refractivity contribution in [3.63, 3.8) is 0 Å². The molecule has 3 rings (SSSR count). The summed E-state index contributed by atoms with van der Waals surface area (Å²) < 4.78 is 5.23. The smallest absolute Gasteiger partial charge is 0.269 e. The van der Waals surface area contributed by atoms with Crippen molar-refractivity contribution in [3.05, 3.63) is 69.3 Å². The normalized spacial score (nSPS) is 18.7. The first-order valence-electron chi connectivity index (χ1n) is 8.35. The molecular formula is C19H20N2O5. The van der Waals surface area contributed by atoms with Gasteiger partial charge in [-0.1, -0.05) is 6.07 Å². The molecule has 7 heteroatoms. The molecule has 26 heavy (non-hydrogen) atoms. The summed E-state index contributed by atoms with van der Waals surface area (Å²) in [5.41, 5.74) is 0.910. The van der Waals surface area contributed by atoms with E-state index in [0.717, 1.165) is 29.7 Å². The first kappa shape index (κ1) is 17.9. The molecule has 1 unspecified atom stereocenters. The van der Waals surface area contributed by atoms with Crippen LogP contribution >= 0.6 is 0 Å². The Morgan fingerprint density at radius 2 is 2.04 bits per heavy atom. The van der Waals surface area contributed by atoms with Crippen molar-refractivity contribution < 1.29 is 19.6 Å². The lowest BCUT2D eigenvalue weighted by Gasteiger charge is -2.35. The average Bonchev–Trinajstić information content (AvgIpc) is 2.66. The topological polar surface area (TPSA) is 102 Å². The molecule has 7 nitrogen and oxygen atoms in total. The largest absolute Gasteiger partial charge is 0.497 e. The van der Waals surface area contributed by atoms with Crippen LogP contribution in [0.2, 0.25) is 0 Å². The summed E-state index contributed by atoms with van der Waals surface area (Å²) in [6.45, 7) is 0.0716. The van der Waals surface area contributed by atoms with Crippen molar-refractivity contribution >= 4 is 11.6 Å². The Hall–Kier alpha value is -2.93. The molecule has 1 aliphatic rings. The Labute approximate surface area is 150 Å². The third kappa shape index (κ3) is 3.52. The van der Waals surface area contributed by atoms with E-state index in [9.17, 15) is 20.0 Å². The third-order valence-corrected chi connectivity index (χ3v) is 4.73. The number of aryl methyl sites for hydroxylation is 1. The molecule has 2 aromatic carbocycles. The summed E-state index contributed by atoms with van der Waals surface area (Å²) >= 11 is 0. The van der Waals surface area contributed by atoms with Gasteiger partial charge in [0.25, 0.3) is 11.6 Å². The van der Waals surface area contributed by atoms with Gasteiger partial charge in [-0.2, -0.15) is 0 Å². The number of nitro benzene ring substituents is 1. The molecule has 1 aliphatic carbocycles. The minimum absolute atomic E-state index is 0.0716. The molecule has 0 bridgehead atoms. The Bertz CT molecular complexity index is 834. The van der Waals surface area contributed by atoms with E-state index < -0.39 is 10.5 Å². The highest BCUT2D eigenvalue weighted by Gasteiger charge is 2.35. The molecule has 1 atom stereocenters. The van der Waals surface area contributed by atoms with E-state index >= 15 is 0 Å². The summed E-state index contributed by atoms with van der Waals surface area (Å²) in [5.74, 6) is 0.358. The van der Waals surface area contributed by atoms with Crippen LogP contribution in [0.15, 0.2) is 42.5 Å². The number of amides is 1. The van der Waals surface area contributed by atoms with Crippen LogP contribution < -0.4 is 10.1 Å². The maximum Gasteiger partial charge on any atom is 0.269 e. The van der Waals surface area contributed by atoms with Crippen LogP contribution in [0, 0.1) is 10.1 Å². The zero-order chi connectivity index (χ0) is 18.7. The summed E-state index contributed by atoms with van der Waals surface area (Å²) in [6, 6.07) is 10.9. The van der Waals surface area contributed by atoms with E-state index in [1.165, 1.54) is 24.3 Å². The first-order valence-corrected chi connectivity index (χ1v) is 8.35. The number of methoxy groups -OCH3 is 1. The van der Waals surface area contributed by atoms with Crippen molar-refractivity contribution in [2.24, 2.45) is 0 Å². The lowest BCUT2D eigenvalue weighted by Crippen LogP contribution is -2.43. The van der Waals surface area contributed by atoms with E-state index in [2.05, 4.69) is 5.32 Å². The monoisotopic (exact) mass is 356 g/mol. The number of nitro groups is 1. The molecule has 0 radical (unpaired) electrons. The van der Waals surface area contributed by atoms with Crippen LogP contribution in [-0.2, 0) is 12.0 Å². The van der Waals surface area contributed by atoms with E-state index in [1.807, 2.05) is 12.1 Å². The fourth-order valence-corrected chi connectivity index (χ4v) is 3.31. The minimum Gasteiger partial charge on any atom is -0.497 e. The fraction of sp³-hybridized carbons (Fsp3) is 0.316. The zero-order valence-corrected chi connectivity index (χ0v) is 14.4. The predicted octanol–water partition coefficient (Wildman–Crippen LogP) is 2.56. The SMILES string of the molecule is COc1ccc2c(c1)CCCC2(O)CNC(=O)c1ccc([N+](=O)[O-])cc1. The van der Waals surface area contributed by atoms with E-state index in [0.29, 0.717) is 12.0 Å². The Morgan fingerprint density at radius 1 is 1.31 bits per heavy atom. The molecule has 0 heterocycles. The van der Waals surface area contributed by atoms with Crippen LogP contribution in [0.4, 0.5) is 5.69 Å². The molecule has 0 fully saturated rings. The number of non-ortho nitro benzene ring substituents is 1. The van der Waals surface area contributed by atoms with Crippen molar-refractivity contribution in [1.82, 2.24) is 5.32 Å². The highest BCUT2D eigenvalue weighted by molar-refractivity contribution is 5.94. The van der Waals surface area contributed by atoms with Crippen LogP contribution in [-0.4, -0.2) is 29.6 Å². The van der Waals surface area contributed by atoms with Crippen LogP contribution in [0.3, 0.4) is 0 Å². The number of rotatable bonds is 5. The fourth-order valence-electron chi connectivity index (χ4n) is 3.31. The number of hydrogen-bond acceptors (Lipinski definition) is 5. The molecule has 0 spiro atoms. The maximum absolute atomic E-state index is 12.3. The lowest BCUT2D eigenvalue weighted by molar-refractivity contribution is -0.384. The second-order valence-electron chi connectivity index (χ2n) is 6.39. The summed E-state index contributed by atoms with van der Waals surface area (Å²) in [4.78, 5) is 22.5. The van der Waals surface area contributed by atoms with Crippen molar-refractivity contribution in [2.45, 2.75) is 24.9 Å². The van der Waals surface area contributed by atoms with Crippen molar-refractivity contribution in [1.29, 1.82) is 0 Å². The number of ether oxygens (including phenoxy) is 1. The second kappa shape index (κ2) is 7.13. The summed E-state index contributed by atoms with van der Waals surface area (Å²) in [6.07, 6.45) is 2.21. The molecule has 2 aromatic rings. The molecule has 0 saturated heterocycles. The average molecular weight is 356 g/mol. The van der Waals surface area contributed by atoms with Gasteiger partial charge < -0.3 is 15.2 Å². The molecule has 0 aliphatic heterocycles. The minimum atomic E-state index is -1.14. The Morgan fingerprint density at radius 3 is 2.69 bits per heavy atom. The van der Waals surface area contributed by atoms with Crippen LogP contribution in [0.25, 0.3) is 0 Å². The third-order valence-electron chi connectivity index (χ3n) is 4.73. The molecular weight excluding hydrogens is 336 g/mol. The molecule has 2 N–H and O–H groups in total. The molecule has 0 aromatic heterocycles. The van der Waals surface area contributed by atoms with E-state index in [-0.39, 0.29) is 18.1 Å². The van der Waals surface area contributed by atoms with Gasteiger partial charge in [-0.25, -0.2) is 0 Å².